The van der Waals surface area contributed by atoms with E-state index < -0.39 is 0 Å². The van der Waals surface area contributed by atoms with Crippen LogP contribution in [-0.4, -0.2) is 54.2 Å². The Hall–Kier alpha value is -3.81. The van der Waals surface area contributed by atoms with Crippen LogP contribution in [0.5, 0.6) is 0 Å². The minimum atomic E-state index is -0.346. The first-order valence-electron chi connectivity index (χ1n) is 11.0. The van der Waals surface area contributed by atoms with E-state index in [9.17, 15) is 9.59 Å². The summed E-state index contributed by atoms with van der Waals surface area (Å²) in [4.78, 5) is 39.6. The lowest BCUT2D eigenvalue weighted by Crippen LogP contribution is -2.02. The molecule has 4 aromatic rings. The highest BCUT2D eigenvalue weighted by Gasteiger charge is 2.14. The summed E-state index contributed by atoms with van der Waals surface area (Å²) in [5, 5.41) is 0. The molecule has 4 rings (SSSR count). The number of carbonyl (C=O) groups is 2. The minimum Gasteiger partial charge on any atom is -0.462 e. The van der Waals surface area contributed by atoms with Gasteiger partial charge >= 0.3 is 11.9 Å². The van der Waals surface area contributed by atoms with Gasteiger partial charge < -0.3 is 24.3 Å². The molecule has 4 aromatic heterocycles. The zero-order valence-corrected chi connectivity index (χ0v) is 22.5. The zero-order chi connectivity index (χ0) is 26.2. The lowest BCUT2D eigenvalue weighted by molar-refractivity contribution is 0.0517. The molecule has 0 aliphatic carbocycles. The Labute approximate surface area is 221 Å². The third-order valence-corrected chi connectivity index (χ3v) is 5.38. The van der Waals surface area contributed by atoms with E-state index in [0.29, 0.717) is 33.9 Å². The molecule has 0 saturated heterocycles. The minimum absolute atomic E-state index is 0.200. The number of rotatable bonds is 6. The fraction of sp³-hybridized carbons (Fsp3) is 0.250. The van der Waals surface area contributed by atoms with Crippen molar-refractivity contribution in [2.24, 2.45) is 14.1 Å². The Kier molecular flexibility index (Phi) is 9.11. The van der Waals surface area contributed by atoms with Gasteiger partial charge in [0.2, 0.25) is 5.95 Å². The molecular weight excluding hydrogens is 577 g/mol. The summed E-state index contributed by atoms with van der Waals surface area (Å²) in [5.41, 5.74) is 9.66. The van der Waals surface area contributed by atoms with Crippen molar-refractivity contribution in [3.63, 3.8) is 0 Å². The standard InChI is InChI=1S/C12H12IN3O2.C12H14N4O2/c2*1-3-18-11(17)8-6-10(16(2)7-8)9-4-5-14-12(13)15-9/h4-7H,3H2,1-2H3;4-7H,3H2,1-2H3,(H2,13,14,15). The quantitative estimate of drug-likeness (QED) is 0.199. The van der Waals surface area contributed by atoms with E-state index in [1.165, 1.54) is 0 Å². The lowest BCUT2D eigenvalue weighted by Gasteiger charge is -2.01. The molecule has 0 saturated carbocycles. The molecule has 0 atom stereocenters. The van der Waals surface area contributed by atoms with E-state index in [0.717, 1.165) is 17.1 Å². The fourth-order valence-corrected chi connectivity index (χ4v) is 3.71. The van der Waals surface area contributed by atoms with E-state index in [-0.39, 0.29) is 17.9 Å². The topological polar surface area (TPSA) is 140 Å². The summed E-state index contributed by atoms with van der Waals surface area (Å²) in [5.74, 6) is -0.462. The second kappa shape index (κ2) is 12.2. The van der Waals surface area contributed by atoms with Crippen LogP contribution in [0.1, 0.15) is 34.6 Å². The van der Waals surface area contributed by atoms with Gasteiger partial charge in [0.25, 0.3) is 0 Å². The van der Waals surface area contributed by atoms with Crippen LogP contribution in [0.25, 0.3) is 22.8 Å². The van der Waals surface area contributed by atoms with Crippen LogP contribution in [0.4, 0.5) is 5.95 Å². The third-order valence-electron chi connectivity index (χ3n) is 4.86. The Morgan fingerprint density at radius 2 is 1.33 bits per heavy atom. The molecule has 0 amide bonds. The molecule has 4 heterocycles. The van der Waals surface area contributed by atoms with Gasteiger partial charge in [0.05, 0.1) is 47.1 Å². The number of nitrogens with zero attached hydrogens (tertiary/aromatic N) is 6. The average Bonchev–Trinajstić information content (AvgIpc) is 3.43. The molecular formula is C24H26IN7O4. The van der Waals surface area contributed by atoms with Gasteiger partial charge in [-0.1, -0.05) is 0 Å². The first-order valence-corrected chi connectivity index (χ1v) is 12.1. The normalized spacial score (nSPS) is 10.4. The zero-order valence-electron chi connectivity index (χ0n) is 20.3. The Bertz CT molecular complexity index is 1260. The summed E-state index contributed by atoms with van der Waals surface area (Å²) in [6, 6.07) is 7.04. The molecule has 11 nitrogen and oxygen atoms in total. The number of nitrogens with two attached hydrogens (primary N) is 1. The summed E-state index contributed by atoms with van der Waals surface area (Å²) < 4.78 is 14.2. The molecule has 0 aliphatic heterocycles. The first kappa shape index (κ1) is 26.8. The molecule has 0 unspecified atom stereocenters. The van der Waals surface area contributed by atoms with Crippen LogP contribution >= 0.6 is 22.6 Å². The Balaban J connectivity index is 0.000000201. The number of aromatic nitrogens is 6. The van der Waals surface area contributed by atoms with Crippen molar-refractivity contribution in [2.45, 2.75) is 13.8 Å². The second-order valence-electron chi connectivity index (χ2n) is 7.40. The van der Waals surface area contributed by atoms with Gasteiger partial charge in [-0.3, -0.25) is 0 Å². The molecule has 0 bridgehead atoms. The maximum Gasteiger partial charge on any atom is 0.339 e. The Morgan fingerprint density at radius 3 is 1.78 bits per heavy atom. The van der Waals surface area contributed by atoms with Crippen molar-refractivity contribution in [1.82, 2.24) is 29.1 Å². The number of halogens is 1. The van der Waals surface area contributed by atoms with Crippen molar-refractivity contribution in [3.8, 4) is 22.8 Å². The molecule has 0 spiro atoms. The van der Waals surface area contributed by atoms with Crippen molar-refractivity contribution < 1.29 is 19.1 Å². The molecule has 12 heteroatoms. The number of esters is 2. The fourth-order valence-electron chi connectivity index (χ4n) is 3.28. The Morgan fingerprint density at radius 1 is 0.861 bits per heavy atom. The van der Waals surface area contributed by atoms with E-state index in [1.807, 2.05) is 24.7 Å². The van der Waals surface area contributed by atoms with Crippen LogP contribution in [0.3, 0.4) is 0 Å². The summed E-state index contributed by atoms with van der Waals surface area (Å²) in [6.45, 7) is 4.28. The highest BCUT2D eigenvalue weighted by atomic mass is 127. The van der Waals surface area contributed by atoms with Gasteiger partial charge in [0.1, 0.15) is 0 Å². The number of hydrogen-bond donors (Lipinski definition) is 1. The molecule has 0 radical (unpaired) electrons. The largest absolute Gasteiger partial charge is 0.462 e. The van der Waals surface area contributed by atoms with Crippen LogP contribution in [0.15, 0.2) is 49.1 Å². The summed E-state index contributed by atoms with van der Waals surface area (Å²) in [6.07, 6.45) is 6.71. The second-order valence-corrected chi connectivity index (χ2v) is 8.37. The molecule has 0 aromatic carbocycles. The maximum absolute atomic E-state index is 11.6. The SMILES string of the molecule is CCOC(=O)c1cc(-c2ccnc(I)n2)n(C)c1.CCOC(=O)c1cc(-c2ccnc(N)n2)n(C)c1. The van der Waals surface area contributed by atoms with Gasteiger partial charge in [-0.15, -0.1) is 0 Å². The van der Waals surface area contributed by atoms with Gasteiger partial charge in [0, 0.05) is 61.5 Å². The van der Waals surface area contributed by atoms with Crippen molar-refractivity contribution in [3.05, 3.63) is 64.0 Å². The van der Waals surface area contributed by atoms with Gasteiger partial charge in [-0.25, -0.2) is 29.5 Å². The van der Waals surface area contributed by atoms with E-state index >= 15 is 0 Å². The molecule has 2 N–H and O–H groups in total. The predicted molar refractivity (Wildman–Crippen MR) is 142 cm³/mol. The van der Waals surface area contributed by atoms with Crippen LogP contribution in [0, 0.1) is 3.83 Å². The highest BCUT2D eigenvalue weighted by Crippen LogP contribution is 2.21. The predicted octanol–water partition coefficient (Wildman–Crippen LogP) is 3.50. The van der Waals surface area contributed by atoms with Gasteiger partial charge in [0.15, 0.2) is 3.83 Å². The summed E-state index contributed by atoms with van der Waals surface area (Å²) in [7, 11) is 3.70. The van der Waals surface area contributed by atoms with E-state index in [1.54, 1.807) is 61.4 Å². The summed E-state index contributed by atoms with van der Waals surface area (Å²) >= 11 is 2.05. The number of ether oxygens (including phenoxy) is 2. The van der Waals surface area contributed by atoms with Crippen LogP contribution in [-0.2, 0) is 23.6 Å². The first-order chi connectivity index (χ1) is 17.2. The molecule has 0 aliphatic rings. The maximum atomic E-state index is 11.6. The molecule has 36 heavy (non-hydrogen) atoms. The van der Waals surface area contributed by atoms with E-state index in [4.69, 9.17) is 15.2 Å². The van der Waals surface area contributed by atoms with Crippen molar-refractivity contribution >= 4 is 40.5 Å². The van der Waals surface area contributed by atoms with Crippen LogP contribution < -0.4 is 5.73 Å². The smallest absolute Gasteiger partial charge is 0.339 e. The lowest BCUT2D eigenvalue weighted by atomic mass is 10.2. The number of aryl methyl sites for hydroxylation is 2. The van der Waals surface area contributed by atoms with Crippen molar-refractivity contribution in [1.29, 1.82) is 0 Å². The van der Waals surface area contributed by atoms with Crippen LogP contribution in [0.2, 0.25) is 0 Å². The van der Waals surface area contributed by atoms with E-state index in [2.05, 4.69) is 42.5 Å². The monoisotopic (exact) mass is 603 g/mol. The van der Waals surface area contributed by atoms with Gasteiger partial charge in [-0.2, -0.15) is 0 Å². The third kappa shape index (κ3) is 6.65. The molecule has 188 valence electrons. The highest BCUT2D eigenvalue weighted by molar-refractivity contribution is 14.1. The van der Waals surface area contributed by atoms with Gasteiger partial charge in [-0.05, 0) is 38.1 Å². The number of hydrogen-bond acceptors (Lipinski definition) is 9. The average molecular weight is 603 g/mol. The van der Waals surface area contributed by atoms with Crippen molar-refractivity contribution in [2.75, 3.05) is 18.9 Å². The number of carbonyl (C=O) groups excluding carboxylic acids is 2. The number of anilines is 1. The number of nitrogen functional groups attached to an aromatic ring is 1. The molecule has 0 fully saturated rings.